The van der Waals surface area contributed by atoms with Crippen LogP contribution in [0.25, 0.3) is 0 Å². The van der Waals surface area contributed by atoms with Crippen molar-refractivity contribution in [3.05, 3.63) is 114 Å². The average molecular weight is 956 g/mol. The van der Waals surface area contributed by atoms with E-state index in [0.717, 1.165) is 49.8 Å². The van der Waals surface area contributed by atoms with Crippen LogP contribution in [0.2, 0.25) is 0 Å². The molecule has 23 heteroatoms. The summed E-state index contributed by atoms with van der Waals surface area (Å²) in [6.45, 7) is 2.29. The van der Waals surface area contributed by atoms with Crippen molar-refractivity contribution in [2.24, 2.45) is 11.5 Å². The number of hydrogen-bond donors (Lipinski definition) is 4. The molecular formula is C42H61BN11O8S3. The number of nitriles is 1. The predicted octanol–water partition coefficient (Wildman–Crippen LogP) is 2.56. The van der Waals surface area contributed by atoms with E-state index in [2.05, 4.69) is 32.0 Å². The van der Waals surface area contributed by atoms with Gasteiger partial charge in [0.1, 0.15) is 12.1 Å². The van der Waals surface area contributed by atoms with Gasteiger partial charge in [-0.05, 0) is 74.6 Å². The molecule has 4 atom stereocenters. The Morgan fingerprint density at radius 2 is 1.12 bits per heavy atom. The SMILES string of the molecule is C.N#C[C@@H]1CCCN1S(=O)(=O)Cc1ccccc1.NC(=O)[C@@H]1CCCN1.NC(=O)[C@@H]1CCCN1S(=O)(=O)Cc1ccccc1.O=S(=O)(Cc1ccccc1)N1CCC[C@H]1c1nn[nH]n1.[2HH].[B]. The van der Waals surface area contributed by atoms with Crippen LogP contribution in [0.3, 0.4) is 0 Å². The predicted molar refractivity (Wildman–Crippen MR) is 249 cm³/mol. The summed E-state index contributed by atoms with van der Waals surface area (Å²) >= 11 is 0. The van der Waals surface area contributed by atoms with E-state index in [1.807, 2.05) is 54.6 Å². The number of primary amides is 2. The van der Waals surface area contributed by atoms with Crippen molar-refractivity contribution >= 4 is 50.3 Å². The maximum absolute atomic E-state index is 12.5. The van der Waals surface area contributed by atoms with Gasteiger partial charge in [0.25, 0.3) is 0 Å². The van der Waals surface area contributed by atoms with Gasteiger partial charge in [0.05, 0.1) is 35.4 Å². The number of carbonyl (C=O) groups excluding carboxylic acids is 2. The maximum Gasteiger partial charge on any atom is 0.235 e. The van der Waals surface area contributed by atoms with Crippen LogP contribution in [-0.2, 0) is 56.9 Å². The molecule has 0 aliphatic carbocycles. The lowest BCUT2D eigenvalue weighted by Gasteiger charge is -2.21. The number of tetrazole rings is 1. The van der Waals surface area contributed by atoms with Crippen LogP contribution in [0.4, 0.5) is 0 Å². The molecule has 4 aromatic rings. The molecule has 8 rings (SSSR count). The summed E-state index contributed by atoms with van der Waals surface area (Å²) in [4.78, 5) is 21.6. The average Bonchev–Trinajstić information content (AvgIpc) is 4.11. The lowest BCUT2D eigenvalue weighted by molar-refractivity contribution is -0.121. The van der Waals surface area contributed by atoms with E-state index in [1.54, 1.807) is 36.4 Å². The normalized spacial score (nSPS) is 21.1. The van der Waals surface area contributed by atoms with Crippen molar-refractivity contribution < 1.29 is 36.3 Å². The Morgan fingerprint density at radius 3 is 1.55 bits per heavy atom. The Hall–Kier alpha value is -5.09. The summed E-state index contributed by atoms with van der Waals surface area (Å²) in [7, 11) is -10.2. The Balaban J connectivity index is 0.000000308. The molecule has 65 heavy (non-hydrogen) atoms. The molecule has 2 amide bonds. The van der Waals surface area contributed by atoms with Gasteiger partial charge in [-0.3, -0.25) is 9.59 Å². The fourth-order valence-corrected chi connectivity index (χ4v) is 13.0. The summed E-state index contributed by atoms with van der Waals surface area (Å²) in [5, 5.41) is 25.6. The molecule has 1 aromatic heterocycles. The number of aromatic amines is 1. The lowest BCUT2D eigenvalue weighted by Crippen LogP contribution is -2.44. The number of nitrogens with one attached hydrogen (secondary N) is 2. The second-order valence-corrected chi connectivity index (χ2v) is 21.1. The number of amides is 2. The minimum atomic E-state index is -3.47. The van der Waals surface area contributed by atoms with Gasteiger partial charge in [-0.15, -0.1) is 10.2 Å². The smallest absolute Gasteiger partial charge is 0.235 e. The largest absolute Gasteiger partial charge is 0.368 e. The number of hydrogen-bond acceptors (Lipinski definition) is 13. The molecule has 5 heterocycles. The number of aromatic nitrogens is 4. The van der Waals surface area contributed by atoms with Gasteiger partial charge in [0.2, 0.25) is 41.9 Å². The van der Waals surface area contributed by atoms with Crippen LogP contribution >= 0.6 is 0 Å². The zero-order valence-electron chi connectivity index (χ0n) is 35.4. The maximum atomic E-state index is 12.5. The van der Waals surface area contributed by atoms with Crippen molar-refractivity contribution in [3.8, 4) is 6.07 Å². The first-order valence-electron chi connectivity index (χ1n) is 20.7. The number of sulfonamides is 3. The lowest BCUT2D eigenvalue weighted by atomic mass is 10.2. The molecule has 0 bridgehead atoms. The van der Waals surface area contributed by atoms with E-state index in [-0.39, 0.29) is 52.5 Å². The number of nitrogens with zero attached hydrogens (tertiary/aromatic N) is 7. The summed E-state index contributed by atoms with van der Waals surface area (Å²) in [6, 6.07) is 27.7. The van der Waals surface area contributed by atoms with Crippen LogP contribution in [0.1, 0.15) is 88.8 Å². The van der Waals surface area contributed by atoms with E-state index in [1.165, 1.54) is 12.9 Å². The molecule has 0 spiro atoms. The standard InChI is InChI=1S/C12H15N5O2S.C12H16N2O3S.C12H14N2O2S.C5H10N2O.CH4.B.H2/c18-20(19,9-10-5-2-1-3-6-10)17-8-4-7-11(17)12-13-15-16-14-12;13-12(15)11-7-4-8-14(11)18(16,17)9-10-5-2-1-3-6-10;13-9-12-7-4-8-14(12)17(15,16)10-11-5-2-1-3-6-11;6-5(8)4-2-1-3-7-4;;;/h1-3,5-6,11H,4,7-9H2,(H,13,14,15,16);1-3,5-6,11H,4,7-9H2,(H2,13,15);1-3,5-6,12H,4,7-8,10H2;4,7H,1-3H2,(H2,6,8);1H4;;1H/t2*11-;12-;4-;;;/m0000.../s1/i;;;;;;1+1. The zero-order valence-corrected chi connectivity index (χ0v) is 37.9. The van der Waals surface area contributed by atoms with E-state index in [0.29, 0.717) is 50.3 Å². The number of benzene rings is 3. The third kappa shape index (κ3) is 15.8. The molecular weight excluding hydrogens is 894 g/mol. The van der Waals surface area contributed by atoms with Gasteiger partial charge < -0.3 is 16.8 Å². The molecule has 0 unspecified atom stereocenters. The third-order valence-electron chi connectivity index (χ3n) is 10.8. The summed E-state index contributed by atoms with van der Waals surface area (Å²) in [5.74, 6) is -0.447. The first-order valence-corrected chi connectivity index (χ1v) is 25.5. The molecule has 3 aromatic carbocycles. The van der Waals surface area contributed by atoms with Crippen molar-refractivity contribution in [2.45, 2.75) is 100 Å². The second kappa shape index (κ2) is 25.6. The highest BCUT2D eigenvalue weighted by Crippen LogP contribution is 2.33. The highest BCUT2D eigenvalue weighted by molar-refractivity contribution is 7.88. The van der Waals surface area contributed by atoms with Crippen molar-refractivity contribution in [1.29, 1.82) is 5.26 Å². The van der Waals surface area contributed by atoms with E-state index >= 15 is 0 Å². The Kier molecular flexibility index (Phi) is 21.3. The molecule has 0 saturated carbocycles. The summed E-state index contributed by atoms with van der Waals surface area (Å²) in [5.41, 5.74) is 12.5. The zero-order chi connectivity index (χ0) is 45.5. The van der Waals surface area contributed by atoms with E-state index in [9.17, 15) is 34.8 Å². The topological polar surface area (TPSA) is 289 Å². The number of nitrogens with two attached hydrogens (primary N) is 2. The van der Waals surface area contributed by atoms with Crippen molar-refractivity contribution in [3.63, 3.8) is 0 Å². The van der Waals surface area contributed by atoms with Gasteiger partial charge in [0, 0.05) is 29.5 Å². The molecule has 4 aliphatic rings. The minimum absolute atomic E-state index is 0. The van der Waals surface area contributed by atoms with Crippen molar-refractivity contribution in [1.82, 2.24) is 38.9 Å². The quantitative estimate of drug-likeness (QED) is 0.149. The number of carbonyl (C=O) groups is 2. The van der Waals surface area contributed by atoms with Crippen LogP contribution in [0, 0.1) is 11.3 Å². The Labute approximate surface area is 386 Å². The number of H-pyrrole nitrogens is 1. The fraction of sp³-hybridized carbons (Fsp3) is 0.476. The van der Waals surface area contributed by atoms with E-state index in [4.69, 9.17) is 16.7 Å². The summed E-state index contributed by atoms with van der Waals surface area (Å²) < 4.78 is 77.9. The molecule has 19 nitrogen and oxygen atoms in total. The molecule has 353 valence electrons. The highest BCUT2D eigenvalue weighted by atomic mass is 32.2. The minimum Gasteiger partial charge on any atom is -0.368 e. The molecule has 4 fully saturated rings. The third-order valence-corrected chi connectivity index (χ3v) is 16.3. The number of rotatable bonds is 12. The summed E-state index contributed by atoms with van der Waals surface area (Å²) in [6.07, 6.45) is 6.14. The van der Waals surface area contributed by atoms with Crippen LogP contribution < -0.4 is 16.8 Å². The molecule has 6 N–H and O–H groups in total. The van der Waals surface area contributed by atoms with Crippen LogP contribution in [0.5, 0.6) is 0 Å². The fourth-order valence-electron chi connectivity index (χ4n) is 7.73. The first kappa shape index (κ1) is 54.2. The molecule has 4 aliphatic heterocycles. The first-order chi connectivity index (χ1) is 30.1. The molecule has 3 radical (unpaired) electrons. The van der Waals surface area contributed by atoms with Crippen LogP contribution in [-0.4, -0.2) is 123 Å². The Morgan fingerprint density at radius 1 is 0.662 bits per heavy atom. The van der Waals surface area contributed by atoms with Gasteiger partial charge in [0.15, 0.2) is 5.82 Å². The molecule has 4 saturated heterocycles. The van der Waals surface area contributed by atoms with Gasteiger partial charge in [-0.2, -0.15) is 23.4 Å². The van der Waals surface area contributed by atoms with E-state index < -0.39 is 48.1 Å². The Bertz CT molecular complexity index is 2450. The monoisotopic (exact) mass is 955 g/mol. The van der Waals surface area contributed by atoms with Crippen molar-refractivity contribution in [2.75, 3.05) is 26.2 Å². The highest BCUT2D eigenvalue weighted by Gasteiger charge is 2.39. The van der Waals surface area contributed by atoms with Gasteiger partial charge in [-0.1, -0.05) is 104 Å². The van der Waals surface area contributed by atoms with Gasteiger partial charge >= 0.3 is 0 Å². The second-order valence-electron chi connectivity index (χ2n) is 15.4. The van der Waals surface area contributed by atoms with Crippen LogP contribution in [0.15, 0.2) is 91.0 Å². The van der Waals surface area contributed by atoms with Gasteiger partial charge in [-0.25, -0.2) is 25.3 Å².